The van der Waals surface area contributed by atoms with Crippen molar-refractivity contribution in [3.63, 3.8) is 0 Å². The van der Waals surface area contributed by atoms with Gasteiger partial charge < -0.3 is 19.5 Å². The average Bonchev–Trinajstić information content (AvgIpc) is 2.78. The predicted molar refractivity (Wildman–Crippen MR) is 126 cm³/mol. The van der Waals surface area contributed by atoms with E-state index in [0.29, 0.717) is 41.5 Å². The number of aryl methyl sites for hydroxylation is 1. The molecule has 6 nitrogen and oxygen atoms in total. The fraction of sp³-hybridized carbons (Fsp3) is 0.308. The summed E-state index contributed by atoms with van der Waals surface area (Å²) in [5.74, 6) is 0.0563. The molecule has 2 aromatic carbocycles. The van der Waals surface area contributed by atoms with E-state index in [1.54, 1.807) is 37.3 Å². The van der Waals surface area contributed by atoms with Gasteiger partial charge in [-0.1, -0.05) is 13.0 Å². The predicted octanol–water partition coefficient (Wildman–Crippen LogP) is 6.69. The van der Waals surface area contributed by atoms with E-state index in [2.05, 4.69) is 22.0 Å². The van der Waals surface area contributed by atoms with Crippen LogP contribution in [0, 0.1) is 6.92 Å². The molecule has 1 N–H and O–H groups in total. The van der Waals surface area contributed by atoms with Crippen LogP contribution >= 0.6 is 0 Å². The van der Waals surface area contributed by atoms with Crippen molar-refractivity contribution in [2.75, 3.05) is 11.9 Å². The standard InChI is InChI=1S/C26H27F3N2O4/c1-4-14-33-17(2)15-20-8-13-24(18(3)30-20)25(32)31-19-6-5-7-23(16-19)34-21-9-11-22(12-10-21)35-26(27,28)29/h5-13,16-17H,4,14-15H2,1-3H3,(H,31,32). The summed E-state index contributed by atoms with van der Waals surface area (Å²) in [6, 6.07) is 15.3. The van der Waals surface area contributed by atoms with E-state index in [0.717, 1.165) is 24.2 Å². The van der Waals surface area contributed by atoms with E-state index < -0.39 is 6.36 Å². The molecule has 0 aliphatic carbocycles. The van der Waals surface area contributed by atoms with Gasteiger partial charge in [-0.3, -0.25) is 9.78 Å². The Hall–Kier alpha value is -3.59. The number of carbonyl (C=O) groups excluding carboxylic acids is 1. The molecule has 0 saturated heterocycles. The number of carbonyl (C=O) groups is 1. The minimum atomic E-state index is -4.76. The van der Waals surface area contributed by atoms with Crippen LogP contribution in [-0.4, -0.2) is 30.0 Å². The zero-order valence-corrected chi connectivity index (χ0v) is 19.7. The van der Waals surface area contributed by atoms with Gasteiger partial charge in [-0.15, -0.1) is 13.2 Å². The van der Waals surface area contributed by atoms with Crippen LogP contribution in [0.3, 0.4) is 0 Å². The van der Waals surface area contributed by atoms with E-state index in [4.69, 9.17) is 9.47 Å². The summed E-state index contributed by atoms with van der Waals surface area (Å²) in [7, 11) is 0. The van der Waals surface area contributed by atoms with E-state index >= 15 is 0 Å². The van der Waals surface area contributed by atoms with Crippen LogP contribution in [0.1, 0.15) is 42.0 Å². The zero-order chi connectivity index (χ0) is 25.4. The number of nitrogens with one attached hydrogen (secondary N) is 1. The first-order valence-electron chi connectivity index (χ1n) is 11.2. The smallest absolute Gasteiger partial charge is 0.457 e. The van der Waals surface area contributed by atoms with Gasteiger partial charge in [0.15, 0.2) is 0 Å². The van der Waals surface area contributed by atoms with E-state index in [9.17, 15) is 18.0 Å². The van der Waals surface area contributed by atoms with Crippen LogP contribution in [0.2, 0.25) is 0 Å². The molecule has 0 spiro atoms. The van der Waals surface area contributed by atoms with Crippen molar-refractivity contribution in [1.29, 1.82) is 0 Å². The topological polar surface area (TPSA) is 69.7 Å². The monoisotopic (exact) mass is 488 g/mol. The van der Waals surface area contributed by atoms with Crippen molar-refractivity contribution >= 4 is 11.6 Å². The number of rotatable bonds is 10. The molecule has 3 rings (SSSR count). The first-order chi connectivity index (χ1) is 16.6. The number of anilines is 1. The number of hydrogen-bond acceptors (Lipinski definition) is 5. The highest BCUT2D eigenvalue weighted by molar-refractivity contribution is 6.05. The number of benzene rings is 2. The normalized spacial score (nSPS) is 12.2. The molecule has 3 aromatic rings. The van der Waals surface area contributed by atoms with Gasteiger partial charge in [-0.05, 0) is 68.8 Å². The highest BCUT2D eigenvalue weighted by Gasteiger charge is 2.31. The Morgan fingerprint density at radius 1 is 1.03 bits per heavy atom. The molecule has 1 atom stereocenters. The van der Waals surface area contributed by atoms with Crippen molar-refractivity contribution in [2.45, 2.75) is 46.1 Å². The van der Waals surface area contributed by atoms with Crippen molar-refractivity contribution < 1.29 is 32.2 Å². The quantitative estimate of drug-likeness (QED) is 0.344. The van der Waals surface area contributed by atoms with Crippen molar-refractivity contribution in [1.82, 2.24) is 4.98 Å². The number of hydrogen-bond donors (Lipinski definition) is 1. The van der Waals surface area contributed by atoms with Gasteiger partial charge in [0.25, 0.3) is 5.91 Å². The SMILES string of the molecule is CCCOC(C)Cc1ccc(C(=O)Nc2cccc(Oc3ccc(OC(F)(F)F)cc3)c2)c(C)n1. The van der Waals surface area contributed by atoms with Crippen LogP contribution in [0.15, 0.2) is 60.7 Å². The Kier molecular flexibility index (Phi) is 8.70. The number of nitrogens with zero attached hydrogens (tertiary/aromatic N) is 1. The molecule has 186 valence electrons. The molecule has 0 bridgehead atoms. The number of pyridine rings is 1. The Labute approximate surface area is 202 Å². The second kappa shape index (κ2) is 11.7. The summed E-state index contributed by atoms with van der Waals surface area (Å²) in [5.41, 5.74) is 2.40. The van der Waals surface area contributed by atoms with Gasteiger partial charge in [0.05, 0.1) is 17.4 Å². The van der Waals surface area contributed by atoms with Crippen LogP contribution < -0.4 is 14.8 Å². The summed E-state index contributed by atoms with van der Waals surface area (Å²) < 4.78 is 52.1. The van der Waals surface area contributed by atoms with Crippen molar-refractivity contribution in [3.8, 4) is 17.2 Å². The molecule has 0 saturated carbocycles. The van der Waals surface area contributed by atoms with E-state index in [1.165, 1.54) is 12.1 Å². The van der Waals surface area contributed by atoms with Gasteiger partial charge >= 0.3 is 6.36 Å². The summed E-state index contributed by atoms with van der Waals surface area (Å²) in [5, 5.41) is 2.82. The number of aromatic nitrogens is 1. The minimum absolute atomic E-state index is 0.0395. The van der Waals surface area contributed by atoms with E-state index in [1.807, 2.05) is 13.0 Å². The molecule has 1 unspecified atom stereocenters. The highest BCUT2D eigenvalue weighted by Crippen LogP contribution is 2.28. The van der Waals surface area contributed by atoms with Crippen molar-refractivity contribution in [2.24, 2.45) is 0 Å². The number of amides is 1. The van der Waals surface area contributed by atoms with Crippen LogP contribution in [0.25, 0.3) is 0 Å². The summed E-state index contributed by atoms with van der Waals surface area (Å²) in [6.45, 7) is 6.52. The lowest BCUT2D eigenvalue weighted by molar-refractivity contribution is -0.274. The van der Waals surface area contributed by atoms with E-state index in [-0.39, 0.29) is 17.8 Å². The average molecular weight is 489 g/mol. The first kappa shape index (κ1) is 26.0. The third-order valence-corrected chi connectivity index (χ3v) is 4.88. The van der Waals surface area contributed by atoms with Gasteiger partial charge in [-0.2, -0.15) is 0 Å². The van der Waals surface area contributed by atoms with Gasteiger partial charge in [0.2, 0.25) is 0 Å². The van der Waals surface area contributed by atoms with Crippen LogP contribution in [0.4, 0.5) is 18.9 Å². The second-order valence-corrected chi connectivity index (χ2v) is 7.92. The third kappa shape index (κ3) is 8.29. The van der Waals surface area contributed by atoms with Gasteiger partial charge in [-0.25, -0.2) is 0 Å². The molecule has 35 heavy (non-hydrogen) atoms. The maximum Gasteiger partial charge on any atom is 0.573 e. The fourth-order valence-electron chi connectivity index (χ4n) is 3.32. The molecule has 1 aromatic heterocycles. The summed E-state index contributed by atoms with van der Waals surface area (Å²) in [4.78, 5) is 17.3. The van der Waals surface area contributed by atoms with Gasteiger partial charge in [0, 0.05) is 30.5 Å². The molecule has 1 amide bonds. The number of alkyl halides is 3. The lowest BCUT2D eigenvalue weighted by Crippen LogP contribution is -2.17. The summed E-state index contributed by atoms with van der Waals surface area (Å²) >= 11 is 0. The first-order valence-corrected chi connectivity index (χ1v) is 11.2. The Morgan fingerprint density at radius 3 is 2.40 bits per heavy atom. The minimum Gasteiger partial charge on any atom is -0.457 e. The number of ether oxygens (including phenoxy) is 3. The Balaban J connectivity index is 1.62. The maximum absolute atomic E-state index is 12.8. The van der Waals surface area contributed by atoms with Crippen LogP contribution in [-0.2, 0) is 11.2 Å². The Morgan fingerprint density at radius 2 is 1.74 bits per heavy atom. The maximum atomic E-state index is 12.8. The lowest BCUT2D eigenvalue weighted by Gasteiger charge is -2.14. The van der Waals surface area contributed by atoms with Crippen molar-refractivity contribution in [3.05, 3.63) is 77.6 Å². The largest absolute Gasteiger partial charge is 0.573 e. The third-order valence-electron chi connectivity index (χ3n) is 4.88. The fourth-order valence-corrected chi connectivity index (χ4v) is 3.32. The molecule has 9 heteroatoms. The zero-order valence-electron chi connectivity index (χ0n) is 19.7. The second-order valence-electron chi connectivity index (χ2n) is 7.92. The molecule has 1 heterocycles. The number of halogens is 3. The Bertz CT molecular complexity index is 1130. The molecule has 0 aliphatic rings. The van der Waals surface area contributed by atoms with Gasteiger partial charge in [0.1, 0.15) is 17.2 Å². The highest BCUT2D eigenvalue weighted by atomic mass is 19.4. The molecule has 0 aliphatic heterocycles. The molecule has 0 fully saturated rings. The molecular weight excluding hydrogens is 461 g/mol. The molecule has 0 radical (unpaired) electrons. The summed E-state index contributed by atoms with van der Waals surface area (Å²) in [6.07, 6.45) is -3.11. The molecular formula is C26H27F3N2O4. The van der Waals surface area contributed by atoms with Crippen LogP contribution in [0.5, 0.6) is 17.2 Å². The lowest BCUT2D eigenvalue weighted by atomic mass is 10.1.